The highest BCUT2D eigenvalue weighted by Crippen LogP contribution is 2.15. The van der Waals surface area contributed by atoms with E-state index in [9.17, 15) is 14.0 Å². The topological polar surface area (TPSA) is 71.1 Å². The van der Waals surface area contributed by atoms with Gasteiger partial charge >= 0.3 is 0 Å². The maximum atomic E-state index is 13.1. The molecule has 0 radical (unpaired) electrons. The Morgan fingerprint density at radius 3 is 2.38 bits per heavy atom. The summed E-state index contributed by atoms with van der Waals surface area (Å²) in [6, 6.07) is 11.8. The number of benzene rings is 2. The lowest BCUT2D eigenvalue weighted by Gasteiger charge is -2.07. The van der Waals surface area contributed by atoms with Crippen molar-refractivity contribution in [3.63, 3.8) is 0 Å². The predicted molar refractivity (Wildman–Crippen MR) is 90.9 cm³/mol. The van der Waals surface area contributed by atoms with E-state index in [2.05, 4.69) is 15.6 Å². The third-order valence-corrected chi connectivity index (χ3v) is 3.83. The smallest absolute Gasteiger partial charge is 0.257 e. The van der Waals surface area contributed by atoms with Crippen LogP contribution in [0.25, 0.3) is 0 Å². The number of thiazole rings is 1. The van der Waals surface area contributed by atoms with Crippen LogP contribution in [0.4, 0.5) is 15.2 Å². The number of carbonyl (C=O) groups is 2. The lowest BCUT2D eigenvalue weighted by atomic mass is 10.1. The van der Waals surface area contributed by atoms with Gasteiger partial charge in [0.2, 0.25) is 0 Å². The Morgan fingerprint density at radius 2 is 1.71 bits per heavy atom. The zero-order valence-corrected chi connectivity index (χ0v) is 13.1. The number of rotatable bonds is 4. The quantitative estimate of drug-likeness (QED) is 0.758. The molecule has 2 amide bonds. The average molecular weight is 341 g/mol. The minimum Gasteiger partial charge on any atom is -0.322 e. The van der Waals surface area contributed by atoms with Gasteiger partial charge in [0.25, 0.3) is 11.8 Å². The molecule has 3 rings (SSSR count). The van der Waals surface area contributed by atoms with Crippen molar-refractivity contribution in [1.82, 2.24) is 4.98 Å². The Labute approximate surface area is 141 Å². The Hall–Kier alpha value is -3.06. The van der Waals surface area contributed by atoms with Gasteiger partial charge in [0, 0.05) is 28.4 Å². The summed E-state index contributed by atoms with van der Waals surface area (Å²) in [4.78, 5) is 28.0. The SMILES string of the molecule is O=C(Nc1ccc(C(=O)Nc2nccs2)cc1)c1cccc(F)c1. The third-order valence-electron chi connectivity index (χ3n) is 3.14. The minimum absolute atomic E-state index is 0.223. The van der Waals surface area contributed by atoms with Crippen LogP contribution in [0.5, 0.6) is 0 Å². The zero-order chi connectivity index (χ0) is 16.9. The van der Waals surface area contributed by atoms with Gasteiger partial charge in [-0.1, -0.05) is 6.07 Å². The van der Waals surface area contributed by atoms with Crippen molar-refractivity contribution < 1.29 is 14.0 Å². The van der Waals surface area contributed by atoms with Gasteiger partial charge in [0.05, 0.1) is 0 Å². The maximum absolute atomic E-state index is 13.1. The van der Waals surface area contributed by atoms with Crippen molar-refractivity contribution in [2.24, 2.45) is 0 Å². The van der Waals surface area contributed by atoms with Gasteiger partial charge in [0.1, 0.15) is 5.82 Å². The molecule has 0 unspecified atom stereocenters. The number of halogens is 1. The minimum atomic E-state index is -0.475. The molecule has 2 aromatic carbocycles. The molecule has 24 heavy (non-hydrogen) atoms. The van der Waals surface area contributed by atoms with Crippen molar-refractivity contribution in [1.29, 1.82) is 0 Å². The van der Waals surface area contributed by atoms with Crippen molar-refractivity contribution >= 4 is 34.0 Å². The van der Waals surface area contributed by atoms with Gasteiger partial charge in [-0.2, -0.15) is 0 Å². The molecule has 2 N–H and O–H groups in total. The average Bonchev–Trinajstić information content (AvgIpc) is 3.08. The van der Waals surface area contributed by atoms with Crippen molar-refractivity contribution in [3.05, 3.63) is 77.1 Å². The molecule has 0 spiro atoms. The number of hydrogen-bond donors (Lipinski definition) is 2. The van der Waals surface area contributed by atoms with Gasteiger partial charge in [-0.25, -0.2) is 9.37 Å². The lowest BCUT2D eigenvalue weighted by molar-refractivity contribution is 0.101. The van der Waals surface area contributed by atoms with Crippen LogP contribution in [0.1, 0.15) is 20.7 Å². The number of hydrogen-bond acceptors (Lipinski definition) is 4. The summed E-state index contributed by atoms with van der Waals surface area (Å²) in [6.45, 7) is 0. The fraction of sp³-hybridized carbons (Fsp3) is 0. The summed E-state index contributed by atoms with van der Waals surface area (Å²) < 4.78 is 13.1. The van der Waals surface area contributed by atoms with E-state index < -0.39 is 11.7 Å². The molecule has 1 aromatic heterocycles. The molecule has 0 aliphatic heterocycles. The summed E-state index contributed by atoms with van der Waals surface area (Å²) in [5.41, 5.74) is 1.17. The molecule has 0 aliphatic carbocycles. The zero-order valence-electron chi connectivity index (χ0n) is 12.3. The van der Waals surface area contributed by atoms with Crippen molar-refractivity contribution in [3.8, 4) is 0 Å². The number of carbonyl (C=O) groups excluding carboxylic acids is 2. The Bertz CT molecular complexity index is 864. The highest BCUT2D eigenvalue weighted by molar-refractivity contribution is 7.13. The summed E-state index contributed by atoms with van der Waals surface area (Å²) in [7, 11) is 0. The summed E-state index contributed by atoms with van der Waals surface area (Å²) in [5.74, 6) is -1.18. The fourth-order valence-electron chi connectivity index (χ4n) is 1.99. The normalized spacial score (nSPS) is 10.2. The van der Waals surface area contributed by atoms with Crippen LogP contribution in [0.3, 0.4) is 0 Å². The number of nitrogens with one attached hydrogen (secondary N) is 2. The first-order chi connectivity index (χ1) is 11.6. The lowest BCUT2D eigenvalue weighted by Crippen LogP contribution is -2.13. The first-order valence-electron chi connectivity index (χ1n) is 6.99. The Balaban J connectivity index is 1.66. The molecule has 1 heterocycles. The van der Waals surface area contributed by atoms with E-state index in [0.29, 0.717) is 16.4 Å². The number of anilines is 2. The molecule has 0 aliphatic rings. The highest BCUT2D eigenvalue weighted by Gasteiger charge is 2.09. The van der Waals surface area contributed by atoms with Gasteiger partial charge in [-0.05, 0) is 42.5 Å². The number of nitrogens with zero attached hydrogens (tertiary/aromatic N) is 1. The van der Waals surface area contributed by atoms with Crippen molar-refractivity contribution in [2.45, 2.75) is 0 Å². The largest absolute Gasteiger partial charge is 0.322 e. The molecule has 7 heteroatoms. The van der Waals surface area contributed by atoms with Gasteiger partial charge in [0.15, 0.2) is 5.13 Å². The summed E-state index contributed by atoms with van der Waals surface area (Å²) in [6.07, 6.45) is 1.60. The van der Waals surface area contributed by atoms with E-state index in [1.165, 1.54) is 29.5 Å². The molecule has 0 atom stereocenters. The molecular weight excluding hydrogens is 329 g/mol. The highest BCUT2D eigenvalue weighted by atomic mass is 32.1. The second-order valence-corrected chi connectivity index (χ2v) is 5.73. The molecular formula is C17H12FN3O2S. The van der Waals surface area contributed by atoms with Crippen LogP contribution >= 0.6 is 11.3 Å². The monoisotopic (exact) mass is 341 g/mol. The molecule has 120 valence electrons. The first kappa shape index (κ1) is 15.8. The van der Waals surface area contributed by atoms with E-state index in [-0.39, 0.29) is 11.5 Å². The number of amides is 2. The van der Waals surface area contributed by atoms with Gasteiger partial charge in [-0.15, -0.1) is 11.3 Å². The predicted octanol–water partition coefficient (Wildman–Crippen LogP) is 3.79. The molecule has 3 aromatic rings. The van der Waals surface area contributed by atoms with Crippen LogP contribution in [-0.2, 0) is 0 Å². The third kappa shape index (κ3) is 3.82. The van der Waals surface area contributed by atoms with E-state index in [1.54, 1.807) is 35.8 Å². The molecule has 5 nitrogen and oxygen atoms in total. The Kier molecular flexibility index (Phi) is 4.62. The number of aromatic nitrogens is 1. The molecule has 0 bridgehead atoms. The van der Waals surface area contributed by atoms with Crippen LogP contribution in [-0.4, -0.2) is 16.8 Å². The molecule has 0 saturated heterocycles. The second kappa shape index (κ2) is 7.01. The van der Waals surface area contributed by atoms with E-state index in [4.69, 9.17) is 0 Å². The first-order valence-corrected chi connectivity index (χ1v) is 7.87. The second-order valence-electron chi connectivity index (χ2n) is 4.83. The Morgan fingerprint density at radius 1 is 0.958 bits per heavy atom. The van der Waals surface area contributed by atoms with Crippen LogP contribution in [0, 0.1) is 5.82 Å². The van der Waals surface area contributed by atoms with Crippen LogP contribution in [0.15, 0.2) is 60.1 Å². The van der Waals surface area contributed by atoms with Crippen LogP contribution in [0.2, 0.25) is 0 Å². The van der Waals surface area contributed by atoms with Gasteiger partial charge < -0.3 is 5.32 Å². The standard InChI is InChI=1S/C17H12FN3O2S/c18-13-3-1-2-12(10-13)16(23)20-14-6-4-11(5-7-14)15(22)21-17-19-8-9-24-17/h1-10H,(H,20,23)(H,19,21,22). The fourth-order valence-corrected chi connectivity index (χ4v) is 2.52. The van der Waals surface area contributed by atoms with Crippen molar-refractivity contribution in [2.75, 3.05) is 10.6 Å². The van der Waals surface area contributed by atoms with Gasteiger partial charge in [-0.3, -0.25) is 14.9 Å². The molecule has 0 saturated carbocycles. The van der Waals surface area contributed by atoms with E-state index in [1.807, 2.05) is 0 Å². The van der Waals surface area contributed by atoms with Crippen LogP contribution < -0.4 is 10.6 Å². The summed E-state index contributed by atoms with van der Waals surface area (Å²) >= 11 is 1.33. The summed E-state index contributed by atoms with van der Waals surface area (Å²) in [5, 5.41) is 7.60. The van der Waals surface area contributed by atoms with E-state index >= 15 is 0 Å². The maximum Gasteiger partial charge on any atom is 0.257 e. The molecule has 0 fully saturated rings. The van der Waals surface area contributed by atoms with E-state index in [0.717, 1.165) is 6.07 Å².